The number of nitrogens with zero attached hydrogens (tertiary/aromatic N) is 2. The van der Waals surface area contributed by atoms with Crippen molar-refractivity contribution in [2.24, 2.45) is 0 Å². The van der Waals surface area contributed by atoms with E-state index in [-0.39, 0.29) is 10.7 Å². The Morgan fingerprint density at radius 1 is 1.25 bits per heavy atom. The van der Waals surface area contributed by atoms with Gasteiger partial charge in [0.05, 0.1) is 16.9 Å². The van der Waals surface area contributed by atoms with E-state index < -0.39 is 11.7 Å². The smallest absolute Gasteiger partial charge is 0.369 e. The van der Waals surface area contributed by atoms with Crippen LogP contribution in [0.3, 0.4) is 0 Å². The zero-order chi connectivity index (χ0) is 16.9. The zero-order valence-corrected chi connectivity index (χ0v) is 13.8. The van der Waals surface area contributed by atoms with Crippen molar-refractivity contribution in [2.45, 2.75) is 12.6 Å². The number of thiophene rings is 1. The summed E-state index contributed by atoms with van der Waals surface area (Å²) in [7, 11) is 0. The third kappa shape index (κ3) is 2.48. The molecule has 0 spiro atoms. The molecule has 1 N–H and O–H groups in total. The fraction of sp³-hybridized carbons (Fsp3) is 0.188. The van der Waals surface area contributed by atoms with Gasteiger partial charge in [-0.3, -0.25) is 0 Å². The van der Waals surface area contributed by atoms with Crippen molar-refractivity contribution < 1.29 is 13.2 Å². The second kappa shape index (κ2) is 5.53. The Labute approximate surface area is 144 Å². The maximum absolute atomic E-state index is 13.4. The van der Waals surface area contributed by atoms with Crippen molar-refractivity contribution in [3.63, 3.8) is 0 Å². The summed E-state index contributed by atoms with van der Waals surface area (Å²) in [5.41, 5.74) is 1.75. The average Bonchev–Trinajstić information content (AvgIpc) is 3.23. The van der Waals surface area contributed by atoms with Gasteiger partial charge in [0.2, 0.25) is 0 Å². The van der Waals surface area contributed by atoms with E-state index in [0.717, 1.165) is 29.3 Å². The molecule has 1 aromatic carbocycles. The summed E-state index contributed by atoms with van der Waals surface area (Å²) < 4.78 is 41.6. The van der Waals surface area contributed by atoms with Crippen LogP contribution in [-0.4, -0.2) is 16.3 Å². The van der Waals surface area contributed by atoms with Crippen LogP contribution in [0.15, 0.2) is 35.0 Å². The Hall–Kier alpha value is -1.99. The van der Waals surface area contributed by atoms with Crippen molar-refractivity contribution in [3.8, 4) is 16.9 Å². The summed E-state index contributed by atoms with van der Waals surface area (Å²) in [6.07, 6.45) is -3.78. The van der Waals surface area contributed by atoms with E-state index in [9.17, 15) is 13.2 Å². The molecule has 124 valence electrons. The van der Waals surface area contributed by atoms with Crippen LogP contribution in [0.5, 0.6) is 0 Å². The number of hydrogen-bond donors (Lipinski definition) is 1. The predicted molar refractivity (Wildman–Crippen MR) is 89.1 cm³/mol. The van der Waals surface area contributed by atoms with Gasteiger partial charge in [-0.1, -0.05) is 11.6 Å². The minimum absolute atomic E-state index is 0.0287. The molecule has 0 atom stereocenters. The Bertz CT molecular complexity index is 900. The summed E-state index contributed by atoms with van der Waals surface area (Å²) >= 11 is 7.30. The molecular weight excluding hydrogens is 359 g/mol. The summed E-state index contributed by atoms with van der Waals surface area (Å²) in [5.74, 6) is 0.615. The highest BCUT2D eigenvalue weighted by Crippen LogP contribution is 2.40. The molecule has 0 unspecified atom stereocenters. The van der Waals surface area contributed by atoms with Crippen LogP contribution in [0.1, 0.15) is 11.1 Å². The number of aromatic nitrogens is 2. The number of nitrogens with one attached hydrogen (secondary N) is 1. The zero-order valence-electron chi connectivity index (χ0n) is 12.2. The van der Waals surface area contributed by atoms with Crippen LogP contribution in [0, 0.1) is 0 Å². The van der Waals surface area contributed by atoms with Crippen molar-refractivity contribution in [1.82, 2.24) is 9.78 Å². The van der Waals surface area contributed by atoms with Crippen molar-refractivity contribution in [1.29, 1.82) is 0 Å². The average molecular weight is 370 g/mol. The predicted octanol–water partition coefficient (Wildman–Crippen LogP) is 5.24. The maximum Gasteiger partial charge on any atom is 0.418 e. The minimum Gasteiger partial charge on any atom is -0.369 e. The molecule has 1 aliphatic heterocycles. The van der Waals surface area contributed by atoms with E-state index in [0.29, 0.717) is 12.4 Å². The van der Waals surface area contributed by atoms with Crippen LogP contribution in [0.4, 0.5) is 19.0 Å². The molecule has 0 bridgehead atoms. The quantitative estimate of drug-likeness (QED) is 0.669. The highest BCUT2D eigenvalue weighted by atomic mass is 35.5. The summed E-state index contributed by atoms with van der Waals surface area (Å²) in [6.45, 7) is 0.680. The molecule has 0 fully saturated rings. The summed E-state index contributed by atoms with van der Waals surface area (Å²) in [5, 5.41) is 11.5. The van der Waals surface area contributed by atoms with E-state index in [1.165, 1.54) is 28.2 Å². The molecule has 8 heteroatoms. The lowest BCUT2D eigenvalue weighted by molar-refractivity contribution is -0.137. The van der Waals surface area contributed by atoms with Crippen LogP contribution in [-0.2, 0) is 12.6 Å². The van der Waals surface area contributed by atoms with Crippen LogP contribution >= 0.6 is 22.9 Å². The Morgan fingerprint density at radius 3 is 2.79 bits per heavy atom. The highest BCUT2D eigenvalue weighted by molar-refractivity contribution is 7.08. The number of anilines is 1. The standard InChI is InChI=1S/C16H11ClF3N3S/c17-10-1-2-13(12(7-10)16(18,19)20)23-15-11(3-5-21-15)14(22-23)9-4-6-24-8-9/h1-2,4,6-8,21H,3,5H2. The number of rotatable bonds is 2. The SMILES string of the molecule is FC(F)(F)c1cc(Cl)ccc1-n1nc(-c2ccsc2)c2c1NCC2. The third-order valence-electron chi connectivity index (χ3n) is 3.94. The molecule has 2 aromatic heterocycles. The summed E-state index contributed by atoms with van der Waals surface area (Å²) in [6, 6.07) is 5.65. The van der Waals surface area contributed by atoms with E-state index >= 15 is 0 Å². The van der Waals surface area contributed by atoms with Crippen molar-refractivity contribution in [2.75, 3.05) is 11.9 Å². The van der Waals surface area contributed by atoms with Gasteiger partial charge in [-0.05, 0) is 36.1 Å². The fourth-order valence-corrected chi connectivity index (χ4v) is 3.71. The first kappa shape index (κ1) is 15.5. The Morgan fingerprint density at radius 2 is 2.08 bits per heavy atom. The van der Waals surface area contributed by atoms with Gasteiger partial charge in [-0.15, -0.1) is 0 Å². The first-order valence-electron chi connectivity index (χ1n) is 7.20. The van der Waals surface area contributed by atoms with Crippen LogP contribution in [0.25, 0.3) is 16.9 Å². The van der Waals surface area contributed by atoms with Crippen molar-refractivity contribution in [3.05, 3.63) is 51.2 Å². The number of halogens is 4. The van der Waals surface area contributed by atoms with E-state index in [2.05, 4.69) is 10.4 Å². The number of hydrogen-bond acceptors (Lipinski definition) is 3. The highest BCUT2D eigenvalue weighted by Gasteiger charge is 2.36. The lowest BCUT2D eigenvalue weighted by Gasteiger charge is -2.15. The molecule has 4 rings (SSSR count). The first-order valence-corrected chi connectivity index (χ1v) is 8.52. The third-order valence-corrected chi connectivity index (χ3v) is 4.86. The normalized spacial score (nSPS) is 13.8. The number of benzene rings is 1. The molecular formula is C16H11ClF3N3S. The largest absolute Gasteiger partial charge is 0.418 e. The van der Waals surface area contributed by atoms with E-state index in [1.54, 1.807) is 0 Å². The molecule has 3 aromatic rings. The van der Waals surface area contributed by atoms with Gasteiger partial charge < -0.3 is 5.32 Å². The van der Waals surface area contributed by atoms with Gasteiger partial charge in [0.1, 0.15) is 5.82 Å². The molecule has 0 saturated carbocycles. The first-order chi connectivity index (χ1) is 11.4. The van der Waals surface area contributed by atoms with Gasteiger partial charge in [0.15, 0.2) is 0 Å². The molecule has 3 nitrogen and oxygen atoms in total. The Kier molecular flexibility index (Phi) is 3.58. The number of fused-ring (bicyclic) bond motifs is 1. The molecule has 0 radical (unpaired) electrons. The lowest BCUT2D eigenvalue weighted by atomic mass is 10.1. The summed E-state index contributed by atoms with van der Waals surface area (Å²) in [4.78, 5) is 0. The molecule has 24 heavy (non-hydrogen) atoms. The van der Waals surface area contributed by atoms with Crippen molar-refractivity contribution >= 4 is 28.8 Å². The van der Waals surface area contributed by atoms with Gasteiger partial charge in [0.25, 0.3) is 0 Å². The second-order valence-corrected chi connectivity index (χ2v) is 6.65. The van der Waals surface area contributed by atoms with E-state index in [4.69, 9.17) is 11.6 Å². The molecule has 0 amide bonds. The van der Waals surface area contributed by atoms with Gasteiger partial charge in [-0.2, -0.15) is 29.6 Å². The van der Waals surface area contributed by atoms with Crippen LogP contribution in [0.2, 0.25) is 5.02 Å². The fourth-order valence-electron chi connectivity index (χ4n) is 2.90. The monoisotopic (exact) mass is 369 g/mol. The molecule has 3 heterocycles. The molecule has 0 aliphatic carbocycles. The second-order valence-electron chi connectivity index (χ2n) is 5.44. The van der Waals surface area contributed by atoms with Gasteiger partial charge in [-0.25, -0.2) is 4.68 Å². The minimum atomic E-state index is -4.51. The number of alkyl halides is 3. The van der Waals surface area contributed by atoms with Gasteiger partial charge >= 0.3 is 6.18 Å². The topological polar surface area (TPSA) is 29.9 Å². The Balaban J connectivity index is 1.95. The van der Waals surface area contributed by atoms with Gasteiger partial charge in [0, 0.05) is 28.1 Å². The van der Waals surface area contributed by atoms with E-state index in [1.807, 2.05) is 16.8 Å². The van der Waals surface area contributed by atoms with Crippen LogP contribution < -0.4 is 5.32 Å². The lowest BCUT2D eigenvalue weighted by Crippen LogP contribution is -2.13. The molecule has 1 aliphatic rings. The molecule has 0 saturated heterocycles. The maximum atomic E-state index is 13.4.